The fraction of sp³-hybridized carbons (Fsp3) is 0.133. The molecule has 5 heteroatoms. The van der Waals surface area contributed by atoms with Gasteiger partial charge in [-0.1, -0.05) is 18.2 Å². The van der Waals surface area contributed by atoms with Crippen LogP contribution in [0.25, 0.3) is 0 Å². The third-order valence-corrected chi connectivity index (χ3v) is 2.61. The van der Waals surface area contributed by atoms with Gasteiger partial charge in [0.2, 0.25) is 0 Å². The van der Waals surface area contributed by atoms with Gasteiger partial charge in [0.25, 0.3) is 0 Å². The van der Waals surface area contributed by atoms with Crippen molar-refractivity contribution in [2.45, 2.75) is 6.61 Å². The number of rotatable bonds is 4. The number of urea groups is 1. The number of hydrogen-bond acceptors (Lipinski definition) is 2. The smallest absolute Gasteiger partial charge is 0.323 e. The number of anilines is 2. The van der Waals surface area contributed by atoms with E-state index in [1.165, 1.54) is 18.2 Å². The molecule has 2 aromatic rings. The highest BCUT2D eigenvalue weighted by Gasteiger charge is 2.03. The lowest BCUT2D eigenvalue weighted by molar-refractivity contribution is 0.185. The highest BCUT2D eigenvalue weighted by molar-refractivity contribution is 5.99. The van der Waals surface area contributed by atoms with Crippen molar-refractivity contribution in [2.75, 3.05) is 17.7 Å². The van der Waals surface area contributed by atoms with Gasteiger partial charge in [0.15, 0.2) is 0 Å². The molecule has 0 fully saturated rings. The van der Waals surface area contributed by atoms with Gasteiger partial charge < -0.3 is 15.4 Å². The Morgan fingerprint density at radius 2 is 1.80 bits per heavy atom. The highest BCUT2D eigenvalue weighted by atomic mass is 19.1. The van der Waals surface area contributed by atoms with Crippen LogP contribution in [0.2, 0.25) is 0 Å². The molecule has 0 aliphatic carbocycles. The molecule has 2 N–H and O–H groups in total. The lowest BCUT2D eigenvalue weighted by Gasteiger charge is -2.08. The van der Waals surface area contributed by atoms with Crippen LogP contribution in [0.3, 0.4) is 0 Å². The molecule has 0 aliphatic heterocycles. The van der Waals surface area contributed by atoms with Crippen molar-refractivity contribution in [3.63, 3.8) is 0 Å². The van der Waals surface area contributed by atoms with Crippen molar-refractivity contribution in [3.05, 3.63) is 59.9 Å². The largest absolute Gasteiger partial charge is 0.380 e. The third kappa shape index (κ3) is 4.07. The Morgan fingerprint density at radius 3 is 2.45 bits per heavy atom. The minimum Gasteiger partial charge on any atom is -0.380 e. The first-order chi connectivity index (χ1) is 9.67. The van der Waals surface area contributed by atoms with Crippen LogP contribution in [0.4, 0.5) is 20.6 Å². The molecule has 0 saturated carbocycles. The number of carbonyl (C=O) groups is 1. The maximum atomic E-state index is 13.0. The van der Waals surface area contributed by atoms with E-state index >= 15 is 0 Å². The van der Waals surface area contributed by atoms with Gasteiger partial charge in [-0.25, -0.2) is 9.18 Å². The topological polar surface area (TPSA) is 50.4 Å². The van der Waals surface area contributed by atoms with Crippen LogP contribution in [-0.4, -0.2) is 13.1 Å². The molecule has 2 rings (SSSR count). The second-order valence-corrected chi connectivity index (χ2v) is 4.22. The quantitative estimate of drug-likeness (QED) is 0.894. The van der Waals surface area contributed by atoms with Gasteiger partial charge in [-0.05, 0) is 35.9 Å². The summed E-state index contributed by atoms with van der Waals surface area (Å²) in [5.41, 5.74) is 2.07. The second-order valence-electron chi connectivity index (χ2n) is 4.22. The molecule has 0 spiro atoms. The molecule has 4 nitrogen and oxygen atoms in total. The average Bonchev–Trinajstić information content (AvgIpc) is 2.41. The molecule has 2 aromatic carbocycles. The number of ether oxygens (including phenoxy) is 1. The molecule has 0 atom stereocenters. The Bertz CT molecular complexity index is 585. The standard InChI is InChI=1S/C15H15FN2O2/c1-20-10-11-5-7-13(8-6-11)17-15(19)18-14-4-2-3-12(16)9-14/h2-9H,10H2,1H3,(H2,17,18,19). The minimum absolute atomic E-state index is 0.397. The van der Waals surface area contributed by atoms with Gasteiger partial charge in [0, 0.05) is 18.5 Å². The Kier molecular flexibility index (Phi) is 4.68. The van der Waals surface area contributed by atoms with Crippen LogP contribution in [-0.2, 0) is 11.3 Å². The molecule has 20 heavy (non-hydrogen) atoms. The molecule has 0 aromatic heterocycles. The molecule has 104 valence electrons. The first-order valence-electron chi connectivity index (χ1n) is 6.09. The van der Waals surface area contributed by atoms with E-state index in [1.807, 2.05) is 12.1 Å². The maximum Gasteiger partial charge on any atom is 0.323 e. The third-order valence-electron chi connectivity index (χ3n) is 2.61. The first kappa shape index (κ1) is 14.0. The van der Waals surface area contributed by atoms with Crippen LogP contribution in [0.5, 0.6) is 0 Å². The monoisotopic (exact) mass is 274 g/mol. The van der Waals surface area contributed by atoms with Gasteiger partial charge in [0.1, 0.15) is 5.82 Å². The Labute approximate surface area is 116 Å². The Hall–Kier alpha value is -2.40. The number of carbonyl (C=O) groups excluding carboxylic acids is 1. The van der Waals surface area contributed by atoms with Crippen molar-refractivity contribution in [2.24, 2.45) is 0 Å². The van der Waals surface area contributed by atoms with Crippen LogP contribution in [0.15, 0.2) is 48.5 Å². The van der Waals surface area contributed by atoms with Crippen LogP contribution in [0.1, 0.15) is 5.56 Å². The zero-order valence-corrected chi connectivity index (χ0v) is 11.0. The lowest BCUT2D eigenvalue weighted by Crippen LogP contribution is -2.19. The number of benzene rings is 2. The summed E-state index contributed by atoms with van der Waals surface area (Å²) in [7, 11) is 1.62. The molecule has 0 heterocycles. The van der Waals surface area contributed by atoms with Gasteiger partial charge in [-0.3, -0.25) is 0 Å². The normalized spacial score (nSPS) is 10.1. The van der Waals surface area contributed by atoms with E-state index in [-0.39, 0.29) is 0 Å². The molecule has 0 bridgehead atoms. The van der Waals surface area contributed by atoms with Gasteiger partial charge in [0.05, 0.1) is 6.61 Å². The van der Waals surface area contributed by atoms with E-state index in [2.05, 4.69) is 10.6 Å². The van der Waals surface area contributed by atoms with Crippen molar-refractivity contribution < 1.29 is 13.9 Å². The van der Waals surface area contributed by atoms with Crippen molar-refractivity contribution >= 4 is 17.4 Å². The van der Waals surface area contributed by atoms with E-state index in [9.17, 15) is 9.18 Å². The van der Waals surface area contributed by atoms with Crippen LogP contribution >= 0.6 is 0 Å². The second kappa shape index (κ2) is 6.68. The van der Waals surface area contributed by atoms with Gasteiger partial charge in [-0.2, -0.15) is 0 Å². The molecule has 0 unspecified atom stereocenters. The lowest BCUT2D eigenvalue weighted by atomic mass is 10.2. The molecule has 0 aliphatic rings. The summed E-state index contributed by atoms with van der Waals surface area (Å²) in [6.07, 6.45) is 0. The number of amides is 2. The molecular weight excluding hydrogens is 259 g/mol. The summed E-state index contributed by atoms with van der Waals surface area (Å²) in [5.74, 6) is -0.397. The highest BCUT2D eigenvalue weighted by Crippen LogP contribution is 2.12. The average molecular weight is 274 g/mol. The summed E-state index contributed by atoms with van der Waals surface area (Å²) in [6, 6.07) is 12.6. The molecule has 2 amide bonds. The zero-order valence-electron chi connectivity index (χ0n) is 11.0. The van der Waals surface area contributed by atoms with E-state index in [0.29, 0.717) is 18.0 Å². The van der Waals surface area contributed by atoms with E-state index < -0.39 is 11.8 Å². The first-order valence-corrected chi connectivity index (χ1v) is 6.09. The molecule has 0 radical (unpaired) electrons. The number of hydrogen-bond donors (Lipinski definition) is 2. The summed E-state index contributed by atoms with van der Waals surface area (Å²) >= 11 is 0. The fourth-order valence-corrected chi connectivity index (χ4v) is 1.71. The van der Waals surface area contributed by atoms with E-state index in [4.69, 9.17) is 4.74 Å². The predicted octanol–water partition coefficient (Wildman–Crippen LogP) is 3.62. The van der Waals surface area contributed by atoms with Crippen molar-refractivity contribution in [1.82, 2.24) is 0 Å². The SMILES string of the molecule is COCc1ccc(NC(=O)Nc2cccc(F)c2)cc1. The molecule has 0 saturated heterocycles. The number of methoxy groups -OCH3 is 1. The van der Waals surface area contributed by atoms with Crippen molar-refractivity contribution in [1.29, 1.82) is 0 Å². The maximum absolute atomic E-state index is 13.0. The van der Waals surface area contributed by atoms with Crippen LogP contribution < -0.4 is 10.6 Å². The van der Waals surface area contributed by atoms with E-state index in [1.54, 1.807) is 25.3 Å². The summed E-state index contributed by atoms with van der Waals surface area (Å²) in [6.45, 7) is 0.524. The summed E-state index contributed by atoms with van der Waals surface area (Å²) in [4.78, 5) is 11.7. The number of nitrogens with one attached hydrogen (secondary N) is 2. The van der Waals surface area contributed by atoms with Crippen molar-refractivity contribution in [3.8, 4) is 0 Å². The summed E-state index contributed by atoms with van der Waals surface area (Å²) in [5, 5.41) is 5.22. The van der Waals surface area contributed by atoms with Crippen LogP contribution in [0, 0.1) is 5.82 Å². The minimum atomic E-state index is -0.421. The summed E-state index contributed by atoms with van der Waals surface area (Å²) < 4.78 is 18.0. The fourth-order valence-electron chi connectivity index (χ4n) is 1.71. The van der Waals surface area contributed by atoms with Gasteiger partial charge >= 0.3 is 6.03 Å². The number of halogens is 1. The molecular formula is C15H15FN2O2. The predicted molar refractivity (Wildman–Crippen MR) is 76.2 cm³/mol. The Morgan fingerprint density at radius 1 is 1.10 bits per heavy atom. The zero-order chi connectivity index (χ0) is 14.4. The Balaban J connectivity index is 1.94. The van der Waals surface area contributed by atoms with Gasteiger partial charge in [-0.15, -0.1) is 0 Å². The van der Waals surface area contributed by atoms with E-state index in [0.717, 1.165) is 5.56 Å².